The summed E-state index contributed by atoms with van der Waals surface area (Å²) in [5, 5.41) is 26.8. The fourth-order valence-corrected chi connectivity index (χ4v) is 4.07. The first-order valence-electron chi connectivity index (χ1n) is 12.8. The molecule has 0 saturated carbocycles. The number of carboxylic acids is 1. The minimum Gasteiger partial charge on any atom is -0.508 e. The zero-order valence-corrected chi connectivity index (χ0v) is 23.7. The van der Waals surface area contributed by atoms with Gasteiger partial charge >= 0.3 is 5.97 Å². The Balaban J connectivity index is 3.07. The fourth-order valence-electron chi connectivity index (χ4n) is 3.59. The summed E-state index contributed by atoms with van der Waals surface area (Å²) in [6.07, 6.45) is 2.14. The second-order valence-corrected chi connectivity index (χ2v) is 10.2. The maximum atomic E-state index is 13.4. The van der Waals surface area contributed by atoms with Gasteiger partial charge in [-0.25, -0.2) is 4.79 Å². The number of carbonyl (C=O) groups is 5. The Bertz CT molecular complexity index is 1070. The normalized spacial score (nSPS) is 13.6. The predicted molar refractivity (Wildman–Crippen MR) is 155 cm³/mol. The Morgan fingerprint density at radius 2 is 1.46 bits per heavy atom. The van der Waals surface area contributed by atoms with E-state index in [-0.39, 0.29) is 56.8 Å². The Hall–Kier alpha value is -4.05. The summed E-state index contributed by atoms with van der Waals surface area (Å²) in [7, 11) is 0. The van der Waals surface area contributed by atoms with Crippen LogP contribution in [0.25, 0.3) is 0 Å². The van der Waals surface area contributed by atoms with Crippen LogP contribution in [0.2, 0.25) is 0 Å². The molecule has 41 heavy (non-hydrogen) atoms. The summed E-state index contributed by atoms with van der Waals surface area (Å²) in [4.78, 5) is 65.8. The minimum absolute atomic E-state index is 0.00680. The highest BCUT2D eigenvalue weighted by Gasteiger charge is 2.30. The summed E-state index contributed by atoms with van der Waals surface area (Å²) in [5.41, 5.74) is 22.1. The van der Waals surface area contributed by atoms with Crippen LogP contribution in [-0.2, 0) is 30.4 Å². The number of aromatic hydroxyl groups is 1. The number of amides is 4. The molecular weight excluding hydrogens is 556 g/mol. The van der Waals surface area contributed by atoms with E-state index in [0.29, 0.717) is 11.3 Å². The fraction of sp³-hybridized carbons (Fsp3) is 0.520. The molecule has 0 fully saturated rings. The molecule has 0 bridgehead atoms. The zero-order valence-electron chi connectivity index (χ0n) is 22.9. The first-order chi connectivity index (χ1) is 19.3. The number of carboxylic acid groups (broad SMARTS) is 1. The third-order valence-corrected chi connectivity index (χ3v) is 6.50. The van der Waals surface area contributed by atoms with Gasteiger partial charge in [0.25, 0.3) is 0 Å². The standard InChI is InChI=1S/C25H40N8O7S/c1-41-12-10-17(22(37)32-18(24(39)40)3-2-11-30-25(28)29)31-23(38)19(13-14-4-6-15(34)7-5-14)33-21(36)16(26)8-9-20(27)35/h4-7,16-19,34H,2-3,8-13,26H2,1H3,(H2,27,35)(H,31,38)(H,32,37)(H,33,36)(H,39,40)(H4,28,29,30). The van der Waals surface area contributed by atoms with Crippen LogP contribution < -0.4 is 38.9 Å². The van der Waals surface area contributed by atoms with Crippen LogP contribution >= 0.6 is 11.8 Å². The molecule has 0 heterocycles. The molecule has 4 unspecified atom stereocenters. The van der Waals surface area contributed by atoms with Gasteiger partial charge in [0.2, 0.25) is 23.6 Å². The van der Waals surface area contributed by atoms with Gasteiger partial charge < -0.3 is 49.1 Å². The van der Waals surface area contributed by atoms with Gasteiger partial charge in [0.1, 0.15) is 23.9 Å². The van der Waals surface area contributed by atoms with Gasteiger partial charge in [-0.15, -0.1) is 0 Å². The molecule has 4 amide bonds. The van der Waals surface area contributed by atoms with Gasteiger partial charge in [0, 0.05) is 19.4 Å². The lowest BCUT2D eigenvalue weighted by molar-refractivity contribution is -0.142. The Labute approximate surface area is 242 Å². The highest BCUT2D eigenvalue weighted by molar-refractivity contribution is 7.98. The average Bonchev–Trinajstić information content (AvgIpc) is 2.91. The van der Waals surface area contributed by atoms with E-state index in [9.17, 15) is 34.2 Å². The molecule has 0 saturated heterocycles. The number of phenolic OH excluding ortho intramolecular Hbond substituents is 1. The lowest BCUT2D eigenvalue weighted by Gasteiger charge is -2.25. The van der Waals surface area contributed by atoms with E-state index in [0.717, 1.165) is 0 Å². The van der Waals surface area contributed by atoms with Crippen molar-refractivity contribution in [1.29, 1.82) is 0 Å². The number of nitrogens with one attached hydrogen (secondary N) is 3. The van der Waals surface area contributed by atoms with E-state index in [2.05, 4.69) is 20.9 Å². The van der Waals surface area contributed by atoms with Gasteiger partial charge in [-0.1, -0.05) is 12.1 Å². The second kappa shape index (κ2) is 18.3. The number of nitrogens with two attached hydrogens (primary N) is 4. The number of rotatable bonds is 19. The van der Waals surface area contributed by atoms with Crippen LogP contribution in [0.15, 0.2) is 29.3 Å². The number of aliphatic carboxylic acids is 1. The van der Waals surface area contributed by atoms with Crippen LogP contribution in [-0.4, -0.2) is 88.5 Å². The molecular formula is C25H40N8O7S. The van der Waals surface area contributed by atoms with Crippen molar-refractivity contribution in [3.05, 3.63) is 29.8 Å². The summed E-state index contributed by atoms with van der Waals surface area (Å²) in [6, 6.07) is 1.28. The molecule has 0 aromatic heterocycles. The smallest absolute Gasteiger partial charge is 0.326 e. The van der Waals surface area contributed by atoms with Gasteiger partial charge in [-0.3, -0.25) is 24.2 Å². The first kappa shape index (κ1) is 35.0. The number of primary amides is 1. The number of nitrogens with zero attached hydrogens (tertiary/aromatic N) is 1. The number of thioether (sulfide) groups is 1. The number of aliphatic imine (C=N–C) groups is 1. The number of phenols is 1. The SMILES string of the molecule is CSCCC(NC(=O)C(Cc1ccc(O)cc1)NC(=O)C(N)CCC(N)=O)C(=O)NC(CCCN=C(N)N)C(=O)O. The average molecular weight is 597 g/mol. The van der Waals surface area contributed by atoms with Gasteiger partial charge in [0.05, 0.1) is 6.04 Å². The Morgan fingerprint density at radius 3 is 2.02 bits per heavy atom. The van der Waals surface area contributed by atoms with Crippen LogP contribution in [0, 0.1) is 0 Å². The largest absolute Gasteiger partial charge is 0.508 e. The van der Waals surface area contributed by atoms with Crippen molar-refractivity contribution in [2.24, 2.45) is 27.9 Å². The van der Waals surface area contributed by atoms with Gasteiger partial charge in [-0.05, 0) is 55.4 Å². The Kier molecular flexibility index (Phi) is 15.6. The van der Waals surface area contributed by atoms with E-state index >= 15 is 0 Å². The van der Waals surface area contributed by atoms with Crippen LogP contribution in [0.4, 0.5) is 0 Å². The molecule has 13 N–H and O–H groups in total. The molecule has 1 aromatic carbocycles. The van der Waals surface area contributed by atoms with E-state index in [1.807, 2.05) is 6.26 Å². The molecule has 0 aliphatic rings. The molecule has 1 aromatic rings. The highest BCUT2D eigenvalue weighted by Crippen LogP contribution is 2.12. The van der Waals surface area contributed by atoms with Gasteiger partial charge in [0.15, 0.2) is 5.96 Å². The molecule has 16 heteroatoms. The number of benzene rings is 1. The number of carbonyl (C=O) groups excluding carboxylic acids is 4. The lowest BCUT2D eigenvalue weighted by Crippen LogP contribution is -2.57. The summed E-state index contributed by atoms with van der Waals surface area (Å²) in [5.74, 6) is -3.69. The molecule has 0 radical (unpaired) electrons. The van der Waals surface area contributed by atoms with Crippen LogP contribution in [0.1, 0.15) is 37.7 Å². The molecule has 0 aliphatic heterocycles. The predicted octanol–water partition coefficient (Wildman–Crippen LogP) is -2.13. The Morgan fingerprint density at radius 1 is 0.878 bits per heavy atom. The van der Waals surface area contributed by atoms with Gasteiger partial charge in [-0.2, -0.15) is 11.8 Å². The van der Waals surface area contributed by atoms with Crippen molar-refractivity contribution in [2.45, 2.75) is 62.7 Å². The molecule has 4 atom stereocenters. The van der Waals surface area contributed by atoms with Crippen molar-refractivity contribution in [3.8, 4) is 5.75 Å². The summed E-state index contributed by atoms with van der Waals surface area (Å²) >= 11 is 1.42. The monoisotopic (exact) mass is 596 g/mol. The lowest BCUT2D eigenvalue weighted by atomic mass is 10.0. The van der Waals surface area contributed by atoms with Crippen LogP contribution in [0.5, 0.6) is 5.75 Å². The van der Waals surface area contributed by atoms with Crippen molar-refractivity contribution in [2.75, 3.05) is 18.6 Å². The molecule has 1 rings (SSSR count). The van der Waals surface area contributed by atoms with Crippen LogP contribution in [0.3, 0.4) is 0 Å². The van der Waals surface area contributed by atoms with E-state index in [4.69, 9.17) is 22.9 Å². The number of hydrogen-bond donors (Lipinski definition) is 9. The van der Waals surface area contributed by atoms with Crippen molar-refractivity contribution < 1.29 is 34.2 Å². The third-order valence-electron chi connectivity index (χ3n) is 5.85. The topological polar surface area (TPSA) is 278 Å². The molecule has 228 valence electrons. The number of hydrogen-bond acceptors (Lipinski definition) is 9. The highest BCUT2D eigenvalue weighted by atomic mass is 32.2. The van der Waals surface area contributed by atoms with E-state index < -0.39 is 53.8 Å². The van der Waals surface area contributed by atoms with E-state index in [1.54, 1.807) is 12.1 Å². The quantitative estimate of drug-likeness (QED) is 0.0472. The van der Waals surface area contributed by atoms with Crippen molar-refractivity contribution in [3.63, 3.8) is 0 Å². The summed E-state index contributed by atoms with van der Waals surface area (Å²) in [6.45, 7) is 0.175. The maximum absolute atomic E-state index is 13.4. The van der Waals surface area contributed by atoms with E-state index in [1.165, 1.54) is 23.9 Å². The zero-order chi connectivity index (χ0) is 30.9. The van der Waals surface area contributed by atoms with Crippen molar-refractivity contribution in [1.82, 2.24) is 16.0 Å². The molecule has 0 aliphatic carbocycles. The first-order valence-corrected chi connectivity index (χ1v) is 14.2. The summed E-state index contributed by atoms with van der Waals surface area (Å²) < 4.78 is 0. The molecule has 15 nitrogen and oxygen atoms in total. The van der Waals surface area contributed by atoms with Crippen molar-refractivity contribution >= 4 is 47.3 Å². The molecule has 0 spiro atoms. The third kappa shape index (κ3) is 14.2. The minimum atomic E-state index is -1.26. The second-order valence-electron chi connectivity index (χ2n) is 9.23. The number of guanidine groups is 1. The maximum Gasteiger partial charge on any atom is 0.326 e.